The van der Waals surface area contributed by atoms with Crippen molar-refractivity contribution in [3.8, 4) is 0 Å². The minimum Gasteiger partial charge on any atom is -0.328 e. The molecule has 0 aliphatic carbocycles. The van der Waals surface area contributed by atoms with Gasteiger partial charge in [0.25, 0.3) is 11.5 Å². The van der Waals surface area contributed by atoms with E-state index in [1.165, 1.54) is 17.6 Å². The lowest BCUT2D eigenvalue weighted by molar-refractivity contribution is 0.0619. The van der Waals surface area contributed by atoms with E-state index in [0.717, 1.165) is 5.56 Å². The summed E-state index contributed by atoms with van der Waals surface area (Å²) in [5.41, 5.74) is 2.18. The van der Waals surface area contributed by atoms with Crippen molar-refractivity contribution in [2.75, 3.05) is 6.54 Å². The summed E-state index contributed by atoms with van der Waals surface area (Å²) >= 11 is 1.19. The Hall–Kier alpha value is -3.39. The molecule has 0 N–H and O–H groups in total. The average Bonchev–Trinajstić information content (AvgIpc) is 3.21. The number of benzene rings is 2. The topological polar surface area (TPSA) is 68.1 Å². The molecule has 0 bridgehead atoms. The van der Waals surface area contributed by atoms with Crippen LogP contribution in [0.25, 0.3) is 10.2 Å². The van der Waals surface area contributed by atoms with Gasteiger partial charge in [0.2, 0.25) is 0 Å². The Kier molecular flexibility index (Phi) is 7.12. The van der Waals surface area contributed by atoms with Gasteiger partial charge in [-0.15, -0.1) is 0 Å². The molecule has 4 aromatic rings. The van der Waals surface area contributed by atoms with Crippen molar-refractivity contribution in [3.63, 3.8) is 0 Å². The number of aryl methyl sites for hydroxylation is 2. The van der Waals surface area contributed by atoms with Crippen LogP contribution in [0.2, 0.25) is 0 Å². The van der Waals surface area contributed by atoms with Crippen LogP contribution in [0.5, 0.6) is 0 Å². The normalized spacial score (nSPS) is 12.3. The Morgan fingerprint density at radius 3 is 2.49 bits per heavy atom. The van der Waals surface area contributed by atoms with Gasteiger partial charge in [0.05, 0.1) is 23.7 Å². The van der Waals surface area contributed by atoms with Crippen molar-refractivity contribution >= 4 is 27.7 Å². The molecule has 1 amide bonds. The molecule has 8 heteroatoms. The van der Waals surface area contributed by atoms with E-state index in [1.807, 2.05) is 58.0 Å². The molecule has 182 valence electrons. The van der Waals surface area contributed by atoms with E-state index in [1.54, 1.807) is 28.5 Å². The lowest BCUT2D eigenvalue weighted by atomic mass is 9.99. The van der Waals surface area contributed by atoms with Crippen molar-refractivity contribution in [1.82, 2.24) is 18.8 Å². The summed E-state index contributed by atoms with van der Waals surface area (Å²) in [5, 5.41) is 0.507. The smallest absolute Gasteiger partial charge is 0.264 e. The lowest BCUT2D eigenvalue weighted by Gasteiger charge is -2.34. The van der Waals surface area contributed by atoms with E-state index in [4.69, 9.17) is 4.98 Å². The number of aromatic nitrogens is 3. The molecule has 2 aromatic heterocycles. The van der Waals surface area contributed by atoms with Gasteiger partial charge in [-0.05, 0) is 61.5 Å². The molecule has 0 aliphatic heterocycles. The predicted octanol–water partition coefficient (Wildman–Crippen LogP) is 5.52. The van der Waals surface area contributed by atoms with Crippen LogP contribution in [-0.2, 0) is 6.54 Å². The summed E-state index contributed by atoms with van der Waals surface area (Å²) in [6, 6.07) is 13.7. The molecule has 0 saturated carbocycles. The van der Waals surface area contributed by atoms with Crippen molar-refractivity contribution in [2.24, 2.45) is 5.92 Å². The molecule has 35 heavy (non-hydrogen) atoms. The monoisotopic (exact) mass is 492 g/mol. The van der Waals surface area contributed by atoms with Crippen molar-refractivity contribution < 1.29 is 9.18 Å². The summed E-state index contributed by atoms with van der Waals surface area (Å²) in [4.78, 5) is 34.5. The van der Waals surface area contributed by atoms with Crippen molar-refractivity contribution in [2.45, 2.75) is 47.2 Å². The van der Waals surface area contributed by atoms with Gasteiger partial charge in [-0.3, -0.25) is 14.2 Å². The number of fused-ring (bicyclic) bond motifs is 1. The first-order valence-electron chi connectivity index (χ1n) is 11.7. The number of hydrogen-bond acceptors (Lipinski definition) is 5. The first-order chi connectivity index (χ1) is 16.7. The van der Waals surface area contributed by atoms with Crippen molar-refractivity contribution in [1.29, 1.82) is 0 Å². The van der Waals surface area contributed by atoms with E-state index >= 15 is 0 Å². The van der Waals surface area contributed by atoms with Crippen LogP contribution in [-0.4, -0.2) is 31.3 Å². The summed E-state index contributed by atoms with van der Waals surface area (Å²) in [5.74, 6) is -0.276. The highest BCUT2D eigenvalue weighted by Crippen LogP contribution is 2.31. The molecule has 0 fully saturated rings. The second-order valence-corrected chi connectivity index (χ2v) is 9.79. The van der Waals surface area contributed by atoms with Crippen LogP contribution < -0.4 is 5.56 Å². The third-order valence-corrected chi connectivity index (χ3v) is 7.07. The molecule has 2 aromatic carbocycles. The van der Waals surface area contributed by atoms with E-state index in [0.29, 0.717) is 40.4 Å². The number of nitrogens with zero attached hydrogens (tertiary/aromatic N) is 4. The Bertz CT molecular complexity index is 1430. The van der Waals surface area contributed by atoms with Crippen LogP contribution in [0.4, 0.5) is 4.39 Å². The molecule has 0 aliphatic rings. The number of hydrogen-bond donors (Lipinski definition) is 0. The zero-order valence-corrected chi connectivity index (χ0v) is 21.4. The molecular weight excluding hydrogens is 463 g/mol. The van der Waals surface area contributed by atoms with Crippen LogP contribution in [0, 0.1) is 25.6 Å². The summed E-state index contributed by atoms with van der Waals surface area (Å²) in [6.45, 7) is 10.0. The van der Waals surface area contributed by atoms with Crippen LogP contribution in [0.15, 0.2) is 53.3 Å². The van der Waals surface area contributed by atoms with Crippen LogP contribution >= 0.6 is 11.5 Å². The zero-order chi connectivity index (χ0) is 25.3. The largest absolute Gasteiger partial charge is 0.328 e. The molecule has 0 spiro atoms. The van der Waals surface area contributed by atoms with E-state index in [9.17, 15) is 14.0 Å². The van der Waals surface area contributed by atoms with E-state index < -0.39 is 11.9 Å². The second-order valence-electron chi connectivity index (χ2n) is 9.04. The van der Waals surface area contributed by atoms with Gasteiger partial charge >= 0.3 is 0 Å². The van der Waals surface area contributed by atoms with Crippen molar-refractivity contribution in [3.05, 3.63) is 92.9 Å². The quantitative estimate of drug-likeness (QED) is 0.341. The fraction of sp³-hybridized carbons (Fsp3) is 0.333. The van der Waals surface area contributed by atoms with Gasteiger partial charge < -0.3 is 4.90 Å². The number of carbonyl (C=O) groups excluding carboxylic acids is 1. The highest BCUT2D eigenvalue weighted by molar-refractivity contribution is 7.12. The maximum atomic E-state index is 14.3. The molecule has 0 radical (unpaired) electrons. The molecule has 1 atom stereocenters. The number of rotatable bonds is 7. The lowest BCUT2D eigenvalue weighted by Crippen LogP contribution is -2.41. The molecule has 1 unspecified atom stereocenters. The minimum atomic E-state index is -0.500. The molecule has 6 nitrogen and oxygen atoms in total. The van der Waals surface area contributed by atoms with Gasteiger partial charge in [0.1, 0.15) is 11.6 Å². The van der Waals surface area contributed by atoms with E-state index in [-0.39, 0.29) is 22.9 Å². The molecule has 4 rings (SSSR count). The van der Waals surface area contributed by atoms with Gasteiger partial charge in [-0.2, -0.15) is 4.37 Å². The second kappa shape index (κ2) is 10.1. The van der Waals surface area contributed by atoms with Crippen LogP contribution in [0.1, 0.15) is 59.8 Å². The standard InChI is InChI=1S/C27H29FN4O2S/c1-6-31(26(33)20-13-12-17(4)21(28)14-20)23(16(2)3)24-29-25-22(18(5)30-35-25)27(34)32(24)15-19-10-8-7-9-11-19/h7-14,16,23H,6,15H2,1-5H3. The Labute approximate surface area is 208 Å². The molecule has 2 heterocycles. The maximum Gasteiger partial charge on any atom is 0.264 e. The van der Waals surface area contributed by atoms with Gasteiger partial charge in [0.15, 0.2) is 4.83 Å². The van der Waals surface area contributed by atoms with Gasteiger partial charge in [-0.1, -0.05) is 50.2 Å². The SMILES string of the molecule is CCN(C(=O)c1ccc(C)c(F)c1)C(c1nc2snc(C)c2c(=O)n1Cc1ccccc1)C(C)C. The average molecular weight is 493 g/mol. The third kappa shape index (κ3) is 4.75. The fourth-order valence-corrected chi connectivity index (χ4v) is 5.16. The molecule has 0 saturated heterocycles. The Morgan fingerprint density at radius 2 is 1.86 bits per heavy atom. The Balaban J connectivity index is 1.90. The summed E-state index contributed by atoms with van der Waals surface area (Å²) in [7, 11) is 0. The number of amides is 1. The molecular formula is C27H29FN4O2S. The number of halogens is 1. The number of carbonyl (C=O) groups is 1. The minimum absolute atomic E-state index is 0.0606. The third-order valence-electron chi connectivity index (χ3n) is 6.23. The highest BCUT2D eigenvalue weighted by Gasteiger charge is 2.32. The van der Waals surface area contributed by atoms with E-state index in [2.05, 4.69) is 4.37 Å². The first-order valence-corrected chi connectivity index (χ1v) is 12.5. The van der Waals surface area contributed by atoms with Gasteiger partial charge in [0, 0.05) is 12.1 Å². The zero-order valence-electron chi connectivity index (χ0n) is 20.6. The van der Waals surface area contributed by atoms with Crippen LogP contribution in [0.3, 0.4) is 0 Å². The van der Waals surface area contributed by atoms with Gasteiger partial charge in [-0.25, -0.2) is 9.37 Å². The maximum absolute atomic E-state index is 14.3. The first kappa shape index (κ1) is 24.7. The Morgan fingerprint density at radius 1 is 1.14 bits per heavy atom. The summed E-state index contributed by atoms with van der Waals surface area (Å²) < 4.78 is 20.3. The predicted molar refractivity (Wildman–Crippen MR) is 137 cm³/mol. The summed E-state index contributed by atoms with van der Waals surface area (Å²) in [6.07, 6.45) is 0. The fourth-order valence-electron chi connectivity index (χ4n) is 4.38. The highest BCUT2D eigenvalue weighted by atomic mass is 32.1.